The molecular weight excluding hydrogens is 359 g/mol. The zero-order valence-electron chi connectivity index (χ0n) is 11.9. The first-order valence-electron chi connectivity index (χ1n) is 7.11. The molecule has 0 aliphatic carbocycles. The van der Waals surface area contributed by atoms with Crippen molar-refractivity contribution >= 4 is 51.8 Å². The summed E-state index contributed by atoms with van der Waals surface area (Å²) >= 11 is 15.0. The van der Waals surface area contributed by atoms with Gasteiger partial charge < -0.3 is 4.90 Å². The fraction of sp³-hybridized carbons (Fsp3) is 0.400. The number of amides is 1. The third kappa shape index (κ3) is 3.84. The standard InChI is InChI=1S/C15H16Cl2N2OS2/c16-13-8-12(14(17)22-13)15(20)19-4-1-3-18(5-6-19)9-11-2-7-21-10-11/h2,7-8,10H,1,3-6,9H2. The monoisotopic (exact) mass is 374 g/mol. The average molecular weight is 375 g/mol. The van der Waals surface area contributed by atoms with Crippen LogP contribution in [0.15, 0.2) is 22.9 Å². The van der Waals surface area contributed by atoms with E-state index in [-0.39, 0.29) is 5.91 Å². The van der Waals surface area contributed by atoms with Gasteiger partial charge in [0.05, 0.1) is 9.90 Å². The van der Waals surface area contributed by atoms with Gasteiger partial charge in [0.25, 0.3) is 5.91 Å². The lowest BCUT2D eigenvalue weighted by Gasteiger charge is -2.21. The molecule has 1 aliphatic heterocycles. The van der Waals surface area contributed by atoms with Crippen LogP contribution in [0.5, 0.6) is 0 Å². The number of carbonyl (C=O) groups excluding carboxylic acids is 1. The summed E-state index contributed by atoms with van der Waals surface area (Å²) in [6.45, 7) is 4.35. The van der Waals surface area contributed by atoms with Crippen molar-refractivity contribution in [2.45, 2.75) is 13.0 Å². The predicted molar refractivity (Wildman–Crippen MR) is 94.5 cm³/mol. The van der Waals surface area contributed by atoms with Gasteiger partial charge in [-0.15, -0.1) is 11.3 Å². The highest BCUT2D eigenvalue weighted by Gasteiger charge is 2.23. The predicted octanol–water partition coefficient (Wildman–Crippen LogP) is 4.46. The highest BCUT2D eigenvalue weighted by atomic mass is 35.5. The Labute approximate surface area is 148 Å². The van der Waals surface area contributed by atoms with Crippen molar-refractivity contribution < 1.29 is 4.79 Å². The molecule has 0 N–H and O–H groups in total. The zero-order valence-corrected chi connectivity index (χ0v) is 15.1. The minimum absolute atomic E-state index is 0.00877. The van der Waals surface area contributed by atoms with Gasteiger partial charge in [-0.3, -0.25) is 9.69 Å². The van der Waals surface area contributed by atoms with Crippen molar-refractivity contribution in [2.75, 3.05) is 26.2 Å². The third-order valence-electron chi connectivity index (χ3n) is 3.75. The van der Waals surface area contributed by atoms with Crippen molar-refractivity contribution in [3.8, 4) is 0 Å². The maximum absolute atomic E-state index is 12.6. The summed E-state index contributed by atoms with van der Waals surface area (Å²) in [4.78, 5) is 16.9. The van der Waals surface area contributed by atoms with Crippen LogP contribution in [0.1, 0.15) is 22.3 Å². The molecule has 0 spiro atoms. The molecule has 1 fully saturated rings. The first-order chi connectivity index (χ1) is 10.6. The fourth-order valence-corrected chi connectivity index (χ4v) is 4.74. The Morgan fingerprint density at radius 1 is 1.23 bits per heavy atom. The highest BCUT2D eigenvalue weighted by molar-refractivity contribution is 7.20. The van der Waals surface area contributed by atoms with E-state index in [0.717, 1.165) is 39.1 Å². The molecule has 0 saturated carbocycles. The number of thiophene rings is 2. The van der Waals surface area contributed by atoms with Crippen molar-refractivity contribution in [2.24, 2.45) is 0 Å². The number of hydrogen-bond acceptors (Lipinski definition) is 4. The number of nitrogens with zero attached hydrogens (tertiary/aromatic N) is 2. The molecule has 2 aromatic heterocycles. The number of halogens is 2. The summed E-state index contributed by atoms with van der Waals surface area (Å²) in [7, 11) is 0. The second-order valence-corrected chi connectivity index (χ2v) is 8.36. The molecule has 1 saturated heterocycles. The van der Waals surface area contributed by atoms with E-state index >= 15 is 0 Å². The van der Waals surface area contributed by atoms with E-state index in [9.17, 15) is 4.79 Å². The second-order valence-electron chi connectivity index (χ2n) is 5.29. The molecule has 3 heterocycles. The molecule has 7 heteroatoms. The summed E-state index contributed by atoms with van der Waals surface area (Å²) in [5, 5.41) is 4.28. The molecular formula is C15H16Cl2N2OS2. The van der Waals surface area contributed by atoms with Crippen LogP contribution in [0.4, 0.5) is 0 Å². The summed E-state index contributed by atoms with van der Waals surface area (Å²) in [6.07, 6.45) is 0.978. The summed E-state index contributed by atoms with van der Waals surface area (Å²) < 4.78 is 1.04. The number of rotatable bonds is 3. The van der Waals surface area contributed by atoms with Gasteiger partial charge in [0.15, 0.2) is 0 Å². The van der Waals surface area contributed by atoms with Gasteiger partial charge in [0, 0.05) is 32.7 Å². The largest absolute Gasteiger partial charge is 0.337 e. The second kappa shape index (κ2) is 7.32. The Bertz CT molecular complexity index is 642. The lowest BCUT2D eigenvalue weighted by Crippen LogP contribution is -2.35. The summed E-state index contributed by atoms with van der Waals surface area (Å²) in [5.74, 6) is -0.00877. The molecule has 0 radical (unpaired) electrons. The van der Waals surface area contributed by atoms with Gasteiger partial charge in [-0.1, -0.05) is 23.2 Å². The van der Waals surface area contributed by atoms with E-state index in [1.807, 2.05) is 4.90 Å². The Balaban J connectivity index is 1.62. The molecule has 0 unspecified atom stereocenters. The molecule has 2 aromatic rings. The SMILES string of the molecule is O=C(c1cc(Cl)sc1Cl)N1CCCN(Cc2ccsc2)CC1. The Morgan fingerprint density at radius 2 is 2.09 bits per heavy atom. The van der Waals surface area contributed by atoms with Crippen molar-refractivity contribution in [3.05, 3.63) is 42.7 Å². The van der Waals surface area contributed by atoms with Crippen LogP contribution in [0.25, 0.3) is 0 Å². The van der Waals surface area contributed by atoms with Crippen LogP contribution < -0.4 is 0 Å². The lowest BCUT2D eigenvalue weighted by atomic mass is 10.3. The molecule has 1 aliphatic rings. The number of carbonyl (C=O) groups is 1. The average Bonchev–Trinajstić information content (AvgIpc) is 3.03. The smallest absolute Gasteiger partial charge is 0.256 e. The van der Waals surface area contributed by atoms with Crippen molar-refractivity contribution in [1.82, 2.24) is 9.80 Å². The first-order valence-corrected chi connectivity index (χ1v) is 9.62. The van der Waals surface area contributed by atoms with Crippen LogP contribution in [0.2, 0.25) is 8.67 Å². The minimum Gasteiger partial charge on any atom is -0.337 e. The maximum atomic E-state index is 12.6. The van der Waals surface area contributed by atoms with Gasteiger partial charge in [-0.25, -0.2) is 0 Å². The Morgan fingerprint density at radius 3 is 2.77 bits per heavy atom. The zero-order chi connectivity index (χ0) is 15.5. The minimum atomic E-state index is -0.00877. The Hall–Kier alpha value is -0.590. The van der Waals surface area contributed by atoms with Crippen LogP contribution in [0, 0.1) is 0 Å². The Kier molecular flexibility index (Phi) is 5.42. The van der Waals surface area contributed by atoms with E-state index in [1.165, 1.54) is 16.9 Å². The molecule has 0 aromatic carbocycles. The third-order valence-corrected chi connectivity index (χ3v) is 5.97. The quantitative estimate of drug-likeness (QED) is 0.791. The van der Waals surface area contributed by atoms with Crippen molar-refractivity contribution in [1.29, 1.82) is 0 Å². The van der Waals surface area contributed by atoms with Gasteiger partial charge >= 0.3 is 0 Å². The van der Waals surface area contributed by atoms with Gasteiger partial charge in [-0.2, -0.15) is 11.3 Å². The molecule has 118 valence electrons. The van der Waals surface area contributed by atoms with Gasteiger partial charge in [0.1, 0.15) is 4.34 Å². The first kappa shape index (κ1) is 16.3. The van der Waals surface area contributed by atoms with Crippen LogP contribution in [-0.2, 0) is 6.54 Å². The van der Waals surface area contributed by atoms with Gasteiger partial charge in [0.2, 0.25) is 0 Å². The molecule has 0 bridgehead atoms. The molecule has 3 nitrogen and oxygen atoms in total. The molecule has 0 atom stereocenters. The van der Waals surface area contributed by atoms with E-state index in [1.54, 1.807) is 17.4 Å². The normalized spacial score (nSPS) is 16.7. The van der Waals surface area contributed by atoms with E-state index in [4.69, 9.17) is 23.2 Å². The lowest BCUT2D eigenvalue weighted by molar-refractivity contribution is 0.0762. The van der Waals surface area contributed by atoms with Crippen LogP contribution in [-0.4, -0.2) is 41.9 Å². The fourth-order valence-electron chi connectivity index (χ4n) is 2.63. The molecule has 22 heavy (non-hydrogen) atoms. The molecule has 3 rings (SSSR count). The molecule has 1 amide bonds. The van der Waals surface area contributed by atoms with Crippen LogP contribution >= 0.6 is 45.9 Å². The summed E-state index contributed by atoms with van der Waals surface area (Å²) in [5.41, 5.74) is 1.88. The van der Waals surface area contributed by atoms with E-state index < -0.39 is 0 Å². The van der Waals surface area contributed by atoms with Crippen molar-refractivity contribution in [3.63, 3.8) is 0 Å². The van der Waals surface area contributed by atoms with E-state index in [2.05, 4.69) is 21.7 Å². The maximum Gasteiger partial charge on any atom is 0.256 e. The highest BCUT2D eigenvalue weighted by Crippen LogP contribution is 2.32. The van der Waals surface area contributed by atoms with Crippen LogP contribution in [0.3, 0.4) is 0 Å². The topological polar surface area (TPSA) is 23.6 Å². The summed E-state index contributed by atoms with van der Waals surface area (Å²) in [6, 6.07) is 3.83. The van der Waals surface area contributed by atoms with Gasteiger partial charge in [-0.05, 0) is 34.9 Å². The number of hydrogen-bond donors (Lipinski definition) is 0. The van der Waals surface area contributed by atoms with E-state index in [0.29, 0.717) is 14.2 Å².